The number of hydrogen-bond acceptors (Lipinski definition) is 11. The summed E-state index contributed by atoms with van der Waals surface area (Å²) in [4.78, 5) is 87.1. The minimum Gasteiger partial charge on any atom is -0.379 e. The van der Waals surface area contributed by atoms with Crippen molar-refractivity contribution in [2.75, 3.05) is 76.2 Å². The van der Waals surface area contributed by atoms with Gasteiger partial charge in [0.05, 0.1) is 23.0 Å². The summed E-state index contributed by atoms with van der Waals surface area (Å²) in [6, 6.07) is 12.7. The van der Waals surface area contributed by atoms with Crippen LogP contribution in [0.1, 0.15) is 87.5 Å². The average Bonchev–Trinajstić information content (AvgIpc) is 3.92. The highest BCUT2D eigenvalue weighted by Crippen LogP contribution is 2.41. The number of hydrogen-bond donors (Lipinski definition) is 2. The number of carbonyl (C=O) groups excluding carboxylic acids is 5. The average molecular weight is 883 g/mol. The van der Waals surface area contributed by atoms with E-state index in [4.69, 9.17) is 0 Å². The van der Waals surface area contributed by atoms with Crippen molar-refractivity contribution in [3.8, 4) is 0 Å². The lowest BCUT2D eigenvalue weighted by atomic mass is 9.86. The van der Waals surface area contributed by atoms with Crippen LogP contribution in [-0.4, -0.2) is 137 Å². The summed E-state index contributed by atoms with van der Waals surface area (Å²) in [5, 5.41) is 9.95. The van der Waals surface area contributed by atoms with E-state index in [0.717, 1.165) is 107 Å². The molecule has 7 heterocycles. The molecule has 0 saturated carbocycles. The first kappa shape index (κ1) is 40.5. The van der Waals surface area contributed by atoms with Crippen molar-refractivity contribution in [3.05, 3.63) is 85.7 Å². The zero-order valence-electron chi connectivity index (χ0n) is 34.2. The molecule has 0 bridgehead atoms. The van der Waals surface area contributed by atoms with Gasteiger partial charge in [0.2, 0.25) is 11.8 Å². The molecule has 2 aromatic carbocycles. The molecule has 0 aliphatic carbocycles. The van der Waals surface area contributed by atoms with Gasteiger partial charge in [0.1, 0.15) is 10.5 Å². The molecule has 9 rings (SSSR count). The molecule has 316 valence electrons. The predicted molar refractivity (Wildman–Crippen MR) is 228 cm³/mol. The monoisotopic (exact) mass is 881 g/mol. The number of fused-ring (bicyclic) bond motifs is 1. The highest BCUT2D eigenvalue weighted by atomic mass is 79.9. The Labute approximate surface area is 357 Å². The number of aromatic nitrogens is 2. The van der Waals surface area contributed by atoms with Gasteiger partial charge in [-0.25, -0.2) is 4.68 Å². The van der Waals surface area contributed by atoms with Crippen molar-refractivity contribution in [2.45, 2.75) is 62.9 Å². The van der Waals surface area contributed by atoms with E-state index in [-0.39, 0.29) is 47.6 Å². The summed E-state index contributed by atoms with van der Waals surface area (Å²) in [5.41, 5.74) is 4.11. The fourth-order valence-electron chi connectivity index (χ4n) is 10.6. The van der Waals surface area contributed by atoms with Gasteiger partial charge in [-0.3, -0.25) is 39.0 Å². The van der Waals surface area contributed by atoms with Gasteiger partial charge < -0.3 is 24.9 Å². The van der Waals surface area contributed by atoms with E-state index in [9.17, 15) is 28.8 Å². The zero-order chi connectivity index (χ0) is 41.9. The summed E-state index contributed by atoms with van der Waals surface area (Å²) < 4.78 is 1.80. The molecule has 5 fully saturated rings. The molecule has 6 aliphatic rings. The second-order valence-electron chi connectivity index (χ2n) is 18.0. The molecule has 4 atom stereocenters. The van der Waals surface area contributed by atoms with Crippen LogP contribution in [-0.2, 0) is 16.6 Å². The Bertz CT molecular complexity index is 2290. The zero-order valence-corrected chi connectivity index (χ0v) is 35.8. The molecule has 15 nitrogen and oxygen atoms in total. The maximum absolute atomic E-state index is 13.8. The topological polar surface area (TPSA) is 160 Å². The second-order valence-corrected chi connectivity index (χ2v) is 18.8. The maximum atomic E-state index is 13.8. The Morgan fingerprint density at radius 1 is 0.900 bits per heavy atom. The number of piperidine rings is 3. The Balaban J connectivity index is 0.749. The van der Waals surface area contributed by atoms with Crippen LogP contribution in [0.15, 0.2) is 57.9 Å². The van der Waals surface area contributed by atoms with E-state index >= 15 is 0 Å². The number of likely N-dealkylation sites (N-methyl/N-ethyl adjacent to an activating group) is 1. The van der Waals surface area contributed by atoms with Gasteiger partial charge in [0.15, 0.2) is 0 Å². The Kier molecular flexibility index (Phi) is 10.9. The molecule has 4 unspecified atom stereocenters. The van der Waals surface area contributed by atoms with Gasteiger partial charge in [0, 0.05) is 88.5 Å². The van der Waals surface area contributed by atoms with Crippen LogP contribution in [0, 0.1) is 11.3 Å². The van der Waals surface area contributed by atoms with Gasteiger partial charge >= 0.3 is 0 Å². The van der Waals surface area contributed by atoms with Crippen molar-refractivity contribution < 1.29 is 24.0 Å². The van der Waals surface area contributed by atoms with E-state index in [2.05, 4.69) is 70.4 Å². The highest BCUT2D eigenvalue weighted by molar-refractivity contribution is 9.10. The number of nitrogens with zero attached hydrogens (tertiary/aromatic N) is 7. The third-order valence-corrected chi connectivity index (χ3v) is 14.6. The van der Waals surface area contributed by atoms with Gasteiger partial charge in [-0.1, -0.05) is 12.1 Å². The summed E-state index contributed by atoms with van der Waals surface area (Å²) in [6.45, 7) is 8.12. The van der Waals surface area contributed by atoms with Crippen LogP contribution in [0.3, 0.4) is 0 Å². The van der Waals surface area contributed by atoms with E-state index in [0.29, 0.717) is 27.2 Å². The number of halogens is 1. The minimum atomic E-state index is -0.972. The lowest BCUT2D eigenvalue weighted by molar-refractivity contribution is -0.136. The summed E-state index contributed by atoms with van der Waals surface area (Å²) in [7, 11) is 3.75. The number of imide groups is 2. The number of likely N-dealkylation sites (tertiary alicyclic amines) is 3. The molecule has 1 spiro atoms. The molecule has 0 radical (unpaired) electrons. The summed E-state index contributed by atoms with van der Waals surface area (Å²) in [6.07, 6.45) is 6.98. The van der Waals surface area contributed by atoms with Crippen LogP contribution in [0.25, 0.3) is 0 Å². The first-order valence-corrected chi connectivity index (χ1v) is 22.0. The summed E-state index contributed by atoms with van der Waals surface area (Å²) in [5.74, 6) is -1.02. The van der Waals surface area contributed by atoms with Crippen molar-refractivity contribution >= 4 is 56.8 Å². The molecule has 16 heteroatoms. The van der Waals surface area contributed by atoms with E-state index < -0.39 is 23.8 Å². The number of rotatable bonds is 8. The third-order valence-electron chi connectivity index (χ3n) is 13.9. The lowest BCUT2D eigenvalue weighted by Crippen LogP contribution is -2.54. The lowest BCUT2D eigenvalue weighted by Gasteiger charge is -2.37. The van der Waals surface area contributed by atoms with Crippen LogP contribution in [0.5, 0.6) is 0 Å². The maximum Gasteiger partial charge on any atom is 0.282 e. The van der Waals surface area contributed by atoms with Gasteiger partial charge in [-0.2, -0.15) is 5.10 Å². The Hall–Kier alpha value is -4.93. The molecule has 1 aromatic heterocycles. The summed E-state index contributed by atoms with van der Waals surface area (Å²) >= 11 is 3.44. The van der Waals surface area contributed by atoms with Crippen molar-refractivity contribution in [3.63, 3.8) is 0 Å². The van der Waals surface area contributed by atoms with Gasteiger partial charge in [-0.15, -0.1) is 0 Å². The molecule has 60 heavy (non-hydrogen) atoms. The number of aryl methyl sites for hydroxylation is 1. The van der Waals surface area contributed by atoms with Crippen LogP contribution < -0.4 is 21.1 Å². The van der Waals surface area contributed by atoms with Crippen molar-refractivity contribution in [2.24, 2.45) is 18.4 Å². The molecule has 3 aromatic rings. The predicted octanol–water partition coefficient (Wildman–Crippen LogP) is 3.30. The molecular weight excluding hydrogens is 830 g/mol. The van der Waals surface area contributed by atoms with Gasteiger partial charge in [-0.05, 0) is 116 Å². The van der Waals surface area contributed by atoms with Gasteiger partial charge in [0.25, 0.3) is 23.3 Å². The normalized spacial score (nSPS) is 26.6. The quantitative estimate of drug-likeness (QED) is 0.320. The second kappa shape index (κ2) is 16.2. The fraction of sp³-hybridized carbons (Fsp3) is 0.523. The Morgan fingerprint density at radius 2 is 1.65 bits per heavy atom. The van der Waals surface area contributed by atoms with Crippen LogP contribution in [0.2, 0.25) is 0 Å². The molecule has 5 amide bonds. The third kappa shape index (κ3) is 7.77. The standard InChI is InChI=1S/C44H52BrN9O6/c1-49-23-30(19-31(24-49)47-35-21-46-50(2)43(60)38(35)45)28-3-5-29(6-4-28)40(57)53-18-14-44(26-53)13-17-51(25-44)22-27-11-15-52(16-12-27)32-7-8-33-34(20-32)42(59)54(41(33)58)36-9-10-37(55)48-39(36)56/h3-8,20-21,27,30-31,36,47H,9-19,22-26H2,1-2H3,(H,48,55,56). The number of anilines is 2. The first-order chi connectivity index (χ1) is 28.8. The van der Waals surface area contributed by atoms with E-state index in [1.54, 1.807) is 25.4 Å². The minimum absolute atomic E-state index is 0.0933. The van der Waals surface area contributed by atoms with E-state index in [1.807, 2.05) is 18.2 Å². The van der Waals surface area contributed by atoms with Crippen LogP contribution >= 0.6 is 15.9 Å². The van der Waals surface area contributed by atoms with Crippen molar-refractivity contribution in [1.82, 2.24) is 34.7 Å². The molecule has 6 aliphatic heterocycles. The molecule has 5 saturated heterocycles. The Morgan fingerprint density at radius 3 is 2.42 bits per heavy atom. The number of benzene rings is 2. The van der Waals surface area contributed by atoms with Crippen molar-refractivity contribution in [1.29, 1.82) is 0 Å². The smallest absolute Gasteiger partial charge is 0.282 e. The highest BCUT2D eigenvalue weighted by Gasteiger charge is 2.46. The number of amides is 5. The fourth-order valence-corrected chi connectivity index (χ4v) is 11.1. The largest absolute Gasteiger partial charge is 0.379 e. The number of nitrogens with one attached hydrogen (secondary N) is 2. The molecule has 2 N–H and O–H groups in total. The molecular formula is C44H52BrN9O6. The van der Waals surface area contributed by atoms with Crippen LogP contribution in [0.4, 0.5) is 11.4 Å². The first-order valence-electron chi connectivity index (χ1n) is 21.2. The number of carbonyl (C=O) groups is 5. The SMILES string of the molecule is CN1CC(Nc2cnn(C)c(=O)c2Br)CC(c2ccc(C(=O)N3CCC4(CCN(CC5CCN(c6ccc7c(c6)C(=O)N(C6CCC(=O)NC6=O)C7=O)CC5)C4)C3)cc2)C1. The van der Waals surface area contributed by atoms with E-state index in [1.165, 1.54) is 10.2 Å².